The number of hydrogen-bond donors (Lipinski definition) is 2. The average Bonchev–Trinajstić information content (AvgIpc) is 2.88. The van der Waals surface area contributed by atoms with Crippen molar-refractivity contribution >= 4 is 29.0 Å². The lowest BCUT2D eigenvalue weighted by Gasteiger charge is -2.33. The summed E-state index contributed by atoms with van der Waals surface area (Å²) in [5.41, 5.74) is 0. The van der Waals surface area contributed by atoms with Crippen LogP contribution in [0.15, 0.2) is 12.1 Å². The van der Waals surface area contributed by atoms with E-state index in [-0.39, 0.29) is 12.1 Å². The minimum atomic E-state index is -0.172. The molecule has 2 rings (SSSR count). The van der Waals surface area contributed by atoms with Crippen molar-refractivity contribution in [3.8, 4) is 0 Å². The van der Waals surface area contributed by atoms with Crippen LogP contribution in [-0.2, 0) is 11.3 Å². The fraction of sp³-hybridized carbons (Fsp3) is 0.667. The highest BCUT2D eigenvalue weighted by Gasteiger charge is 2.21. The van der Waals surface area contributed by atoms with Crippen molar-refractivity contribution in [2.75, 3.05) is 32.8 Å². The summed E-state index contributed by atoms with van der Waals surface area (Å²) in [6, 6.07) is 3.58. The quantitative estimate of drug-likeness (QED) is 0.833. The number of amides is 2. The van der Waals surface area contributed by atoms with E-state index in [2.05, 4.69) is 29.4 Å². The van der Waals surface area contributed by atoms with Gasteiger partial charge in [-0.05, 0) is 18.1 Å². The summed E-state index contributed by atoms with van der Waals surface area (Å²) in [4.78, 5) is 15.2. The van der Waals surface area contributed by atoms with Gasteiger partial charge in [0.1, 0.15) is 0 Å². The molecule has 5 nitrogen and oxygen atoms in total. The van der Waals surface area contributed by atoms with Crippen molar-refractivity contribution in [1.82, 2.24) is 15.5 Å². The number of nitrogens with one attached hydrogen (secondary N) is 2. The van der Waals surface area contributed by atoms with Crippen molar-refractivity contribution in [2.45, 2.75) is 26.5 Å². The Hall–Kier alpha value is -0.820. The third-order valence-corrected chi connectivity index (χ3v) is 4.62. The highest BCUT2D eigenvalue weighted by Crippen LogP contribution is 2.20. The van der Waals surface area contributed by atoms with Crippen LogP contribution in [0.4, 0.5) is 4.79 Å². The Morgan fingerprint density at radius 2 is 2.32 bits per heavy atom. The average molecular weight is 346 g/mol. The number of rotatable bonds is 6. The number of halogens is 1. The second-order valence-corrected chi connectivity index (χ2v) is 7.72. The van der Waals surface area contributed by atoms with E-state index in [1.807, 2.05) is 12.1 Å². The van der Waals surface area contributed by atoms with E-state index in [0.717, 1.165) is 35.5 Å². The first-order valence-corrected chi connectivity index (χ1v) is 8.82. The summed E-state index contributed by atoms with van der Waals surface area (Å²) in [5.74, 6) is 0.646. The van der Waals surface area contributed by atoms with Gasteiger partial charge in [-0.1, -0.05) is 25.4 Å². The van der Waals surface area contributed by atoms with Gasteiger partial charge in [0.05, 0.1) is 23.6 Å². The number of urea groups is 1. The molecule has 0 unspecified atom stereocenters. The summed E-state index contributed by atoms with van der Waals surface area (Å²) >= 11 is 7.33. The van der Waals surface area contributed by atoms with E-state index in [0.29, 0.717) is 19.0 Å². The molecular formula is C15H24ClN3O2S. The molecule has 0 saturated carbocycles. The van der Waals surface area contributed by atoms with E-state index in [1.165, 1.54) is 11.3 Å². The molecule has 2 N–H and O–H groups in total. The van der Waals surface area contributed by atoms with Crippen molar-refractivity contribution in [1.29, 1.82) is 0 Å². The van der Waals surface area contributed by atoms with Gasteiger partial charge in [0.2, 0.25) is 0 Å². The lowest BCUT2D eigenvalue weighted by atomic mass is 10.2. The van der Waals surface area contributed by atoms with Crippen LogP contribution in [-0.4, -0.2) is 49.8 Å². The Kier molecular flexibility index (Phi) is 6.95. The van der Waals surface area contributed by atoms with Gasteiger partial charge in [0.25, 0.3) is 0 Å². The predicted molar refractivity (Wildman–Crippen MR) is 90.6 cm³/mol. The number of carbonyl (C=O) groups is 1. The Morgan fingerprint density at radius 1 is 1.50 bits per heavy atom. The normalized spacial score (nSPS) is 19.4. The molecule has 0 bridgehead atoms. The fourth-order valence-corrected chi connectivity index (χ4v) is 3.50. The summed E-state index contributed by atoms with van der Waals surface area (Å²) in [5, 5.41) is 5.70. The Morgan fingerprint density at radius 3 is 3.00 bits per heavy atom. The molecule has 1 saturated heterocycles. The zero-order valence-electron chi connectivity index (χ0n) is 13.1. The maximum absolute atomic E-state index is 11.8. The predicted octanol–water partition coefficient (Wildman–Crippen LogP) is 2.56. The molecule has 7 heteroatoms. The van der Waals surface area contributed by atoms with Gasteiger partial charge in [0, 0.05) is 31.1 Å². The van der Waals surface area contributed by atoms with Crippen LogP contribution in [0.5, 0.6) is 0 Å². The molecule has 1 fully saturated rings. The van der Waals surface area contributed by atoms with Crippen LogP contribution >= 0.6 is 22.9 Å². The monoisotopic (exact) mass is 345 g/mol. The minimum Gasteiger partial charge on any atom is -0.374 e. The molecule has 2 amide bonds. The highest BCUT2D eigenvalue weighted by atomic mass is 35.5. The Labute approximate surface area is 141 Å². The van der Waals surface area contributed by atoms with Crippen molar-refractivity contribution in [3.05, 3.63) is 21.3 Å². The molecule has 1 atom stereocenters. The third kappa shape index (κ3) is 6.12. The van der Waals surface area contributed by atoms with Crippen molar-refractivity contribution in [3.63, 3.8) is 0 Å². The van der Waals surface area contributed by atoms with E-state index < -0.39 is 0 Å². The summed E-state index contributed by atoms with van der Waals surface area (Å²) in [7, 11) is 0. The standard InChI is InChI=1S/C15H24ClN3O2S/c1-11(2)9-19-5-6-21-12(10-19)7-17-15(20)18-8-13-3-4-14(16)22-13/h3-4,11-12H,5-10H2,1-2H3,(H2,17,18,20)/t12-/m0/s1. The van der Waals surface area contributed by atoms with Gasteiger partial charge in [-0.2, -0.15) is 0 Å². The second-order valence-electron chi connectivity index (χ2n) is 5.92. The van der Waals surface area contributed by atoms with Crippen molar-refractivity contribution in [2.24, 2.45) is 5.92 Å². The first-order valence-electron chi connectivity index (χ1n) is 7.63. The maximum atomic E-state index is 11.8. The molecule has 22 heavy (non-hydrogen) atoms. The topological polar surface area (TPSA) is 53.6 Å². The molecule has 1 aromatic heterocycles. The Balaban J connectivity index is 1.65. The van der Waals surface area contributed by atoms with Gasteiger partial charge >= 0.3 is 6.03 Å². The highest BCUT2D eigenvalue weighted by molar-refractivity contribution is 7.16. The summed E-state index contributed by atoms with van der Waals surface area (Å²) in [6.07, 6.45) is 0.0643. The van der Waals surface area contributed by atoms with Crippen LogP contribution in [0.3, 0.4) is 0 Å². The second kappa shape index (κ2) is 8.72. The number of thiophene rings is 1. The van der Waals surface area contributed by atoms with Crippen molar-refractivity contribution < 1.29 is 9.53 Å². The van der Waals surface area contributed by atoms with Gasteiger partial charge in [0.15, 0.2) is 0 Å². The molecule has 2 heterocycles. The zero-order valence-corrected chi connectivity index (χ0v) is 14.7. The van der Waals surface area contributed by atoms with Gasteiger partial charge < -0.3 is 15.4 Å². The van der Waals surface area contributed by atoms with Crippen LogP contribution in [0.2, 0.25) is 4.34 Å². The smallest absolute Gasteiger partial charge is 0.315 e. The minimum absolute atomic E-state index is 0.0643. The maximum Gasteiger partial charge on any atom is 0.315 e. The lowest BCUT2D eigenvalue weighted by Crippen LogP contribution is -2.49. The SMILES string of the molecule is CC(C)CN1CCO[C@@H](CNC(=O)NCc2ccc(Cl)s2)C1. The van der Waals surface area contributed by atoms with Crippen LogP contribution in [0.1, 0.15) is 18.7 Å². The van der Waals surface area contributed by atoms with Gasteiger partial charge in [-0.25, -0.2) is 4.79 Å². The first-order chi connectivity index (χ1) is 10.5. The fourth-order valence-electron chi connectivity index (χ4n) is 2.47. The number of hydrogen-bond acceptors (Lipinski definition) is 4. The summed E-state index contributed by atoms with van der Waals surface area (Å²) < 4.78 is 6.44. The van der Waals surface area contributed by atoms with Crippen LogP contribution in [0.25, 0.3) is 0 Å². The molecular weight excluding hydrogens is 322 g/mol. The first kappa shape index (κ1) is 17.5. The molecule has 1 aromatic rings. The van der Waals surface area contributed by atoms with E-state index in [4.69, 9.17) is 16.3 Å². The zero-order chi connectivity index (χ0) is 15.9. The lowest BCUT2D eigenvalue weighted by molar-refractivity contribution is -0.0290. The largest absolute Gasteiger partial charge is 0.374 e. The number of nitrogens with zero attached hydrogens (tertiary/aromatic N) is 1. The van der Waals surface area contributed by atoms with Crippen LogP contribution < -0.4 is 10.6 Å². The molecule has 0 spiro atoms. The molecule has 1 aliphatic rings. The van der Waals surface area contributed by atoms with E-state index >= 15 is 0 Å². The Bertz CT molecular complexity index is 481. The molecule has 1 aliphatic heterocycles. The number of ether oxygens (including phenoxy) is 1. The third-order valence-electron chi connectivity index (χ3n) is 3.39. The molecule has 0 aliphatic carbocycles. The molecule has 0 aromatic carbocycles. The van der Waals surface area contributed by atoms with Crippen LogP contribution in [0, 0.1) is 5.92 Å². The number of morpholine rings is 1. The van der Waals surface area contributed by atoms with E-state index in [9.17, 15) is 4.79 Å². The summed E-state index contributed by atoms with van der Waals surface area (Å²) in [6.45, 7) is 9.11. The molecule has 0 radical (unpaired) electrons. The van der Waals surface area contributed by atoms with Gasteiger partial charge in [-0.15, -0.1) is 11.3 Å². The van der Waals surface area contributed by atoms with Gasteiger partial charge in [-0.3, -0.25) is 4.90 Å². The molecule has 124 valence electrons. The number of carbonyl (C=O) groups excluding carboxylic acids is 1. The van der Waals surface area contributed by atoms with E-state index in [1.54, 1.807) is 0 Å².